The smallest absolute Gasteiger partial charge is 0.181 e. The first-order valence-electron chi connectivity index (χ1n) is 4.31. The Kier molecular flexibility index (Phi) is 1.81. The molecule has 0 amide bonds. The highest BCUT2D eigenvalue weighted by Crippen LogP contribution is 2.26. The van der Waals surface area contributed by atoms with Crippen molar-refractivity contribution in [1.29, 1.82) is 0 Å². The van der Waals surface area contributed by atoms with Gasteiger partial charge in [-0.3, -0.25) is 14.4 Å². The van der Waals surface area contributed by atoms with Crippen molar-refractivity contribution < 1.29 is 14.4 Å². The van der Waals surface area contributed by atoms with Crippen molar-refractivity contribution >= 4 is 17.3 Å². The number of ketones is 3. The monoisotopic (exact) mass is 188 g/mol. The summed E-state index contributed by atoms with van der Waals surface area (Å²) in [6, 6.07) is 6.54. The van der Waals surface area contributed by atoms with Crippen molar-refractivity contribution in [3.05, 3.63) is 35.4 Å². The molecular formula is C11H8O3. The van der Waals surface area contributed by atoms with Crippen LogP contribution < -0.4 is 0 Å². The molecule has 0 saturated carbocycles. The van der Waals surface area contributed by atoms with Gasteiger partial charge in [0.05, 0.1) is 0 Å². The molecule has 0 saturated heterocycles. The summed E-state index contributed by atoms with van der Waals surface area (Å²) >= 11 is 0. The third-order valence-corrected chi connectivity index (χ3v) is 2.39. The average molecular weight is 188 g/mol. The normalized spacial score (nSPS) is 15.8. The number of hydrogen-bond acceptors (Lipinski definition) is 3. The minimum Gasteiger partial charge on any atom is -0.299 e. The summed E-state index contributed by atoms with van der Waals surface area (Å²) in [7, 11) is 0. The van der Waals surface area contributed by atoms with Crippen LogP contribution in [0.25, 0.3) is 0 Å². The molecule has 0 spiro atoms. The number of carbonyl (C=O) groups is 3. The van der Waals surface area contributed by atoms with E-state index in [-0.39, 0.29) is 17.3 Å². The molecule has 0 heterocycles. The summed E-state index contributed by atoms with van der Waals surface area (Å²) in [6.45, 7) is 1.27. The molecule has 1 aromatic carbocycles. The fourth-order valence-electron chi connectivity index (χ4n) is 1.71. The highest BCUT2D eigenvalue weighted by molar-refractivity contribution is 6.35. The third-order valence-electron chi connectivity index (χ3n) is 2.39. The van der Waals surface area contributed by atoms with Gasteiger partial charge in [0.1, 0.15) is 11.7 Å². The minimum atomic E-state index is -1.09. The van der Waals surface area contributed by atoms with E-state index < -0.39 is 5.92 Å². The Morgan fingerprint density at radius 1 is 1.07 bits per heavy atom. The maximum absolute atomic E-state index is 11.6. The van der Waals surface area contributed by atoms with Crippen LogP contribution >= 0.6 is 0 Å². The fourth-order valence-corrected chi connectivity index (χ4v) is 1.71. The molecule has 70 valence electrons. The molecule has 3 heteroatoms. The molecule has 3 nitrogen and oxygen atoms in total. The SMILES string of the molecule is CC(=O)C1C(=O)c2ccccc2C1=O. The summed E-state index contributed by atoms with van der Waals surface area (Å²) in [5.41, 5.74) is 0.746. The molecular weight excluding hydrogens is 180 g/mol. The zero-order chi connectivity index (χ0) is 10.3. The lowest BCUT2D eigenvalue weighted by Gasteiger charge is -1.98. The van der Waals surface area contributed by atoms with Crippen molar-refractivity contribution in [2.45, 2.75) is 6.92 Å². The second-order valence-corrected chi connectivity index (χ2v) is 3.32. The number of benzene rings is 1. The summed E-state index contributed by atoms with van der Waals surface area (Å²) < 4.78 is 0. The van der Waals surface area contributed by atoms with Crippen molar-refractivity contribution in [3.63, 3.8) is 0 Å². The van der Waals surface area contributed by atoms with Gasteiger partial charge in [-0.25, -0.2) is 0 Å². The second kappa shape index (κ2) is 2.87. The van der Waals surface area contributed by atoms with Crippen LogP contribution in [0.3, 0.4) is 0 Å². The van der Waals surface area contributed by atoms with E-state index >= 15 is 0 Å². The number of hydrogen-bond donors (Lipinski definition) is 0. The van der Waals surface area contributed by atoms with Gasteiger partial charge < -0.3 is 0 Å². The van der Waals surface area contributed by atoms with Gasteiger partial charge in [-0.2, -0.15) is 0 Å². The quantitative estimate of drug-likeness (QED) is 0.623. The summed E-state index contributed by atoms with van der Waals surface area (Å²) in [4.78, 5) is 34.3. The first kappa shape index (κ1) is 8.81. The summed E-state index contributed by atoms with van der Waals surface area (Å²) in [5.74, 6) is -2.19. The first-order valence-corrected chi connectivity index (χ1v) is 4.31. The molecule has 0 N–H and O–H groups in total. The zero-order valence-electron chi connectivity index (χ0n) is 7.61. The molecule has 14 heavy (non-hydrogen) atoms. The van der Waals surface area contributed by atoms with Gasteiger partial charge >= 0.3 is 0 Å². The van der Waals surface area contributed by atoms with Crippen molar-refractivity contribution in [3.8, 4) is 0 Å². The molecule has 0 aliphatic heterocycles. The number of rotatable bonds is 1. The highest BCUT2D eigenvalue weighted by atomic mass is 16.2. The number of fused-ring (bicyclic) bond motifs is 1. The molecule has 1 aliphatic rings. The van der Waals surface area contributed by atoms with Crippen molar-refractivity contribution in [2.24, 2.45) is 5.92 Å². The zero-order valence-corrected chi connectivity index (χ0v) is 7.61. The standard InChI is InChI=1S/C11H8O3/c1-6(12)9-10(13)7-4-2-3-5-8(7)11(9)14/h2-5,9H,1H3. The van der Waals surface area contributed by atoms with E-state index in [2.05, 4.69) is 0 Å². The van der Waals surface area contributed by atoms with E-state index in [1.165, 1.54) is 6.92 Å². The Labute approximate surface area is 80.7 Å². The predicted octanol–water partition coefficient (Wildman–Crippen LogP) is 1.27. The van der Waals surface area contributed by atoms with E-state index in [0.717, 1.165) is 0 Å². The molecule has 0 unspecified atom stereocenters. The van der Waals surface area contributed by atoms with Gasteiger partial charge in [0.15, 0.2) is 11.6 Å². The van der Waals surface area contributed by atoms with Crippen LogP contribution in [-0.4, -0.2) is 17.3 Å². The van der Waals surface area contributed by atoms with E-state index in [0.29, 0.717) is 11.1 Å². The summed E-state index contributed by atoms with van der Waals surface area (Å²) in [5, 5.41) is 0. The Bertz CT molecular complexity index is 411. The molecule has 1 aromatic rings. The van der Waals surface area contributed by atoms with Gasteiger partial charge in [-0.1, -0.05) is 24.3 Å². The Morgan fingerprint density at radius 2 is 1.50 bits per heavy atom. The lowest BCUT2D eigenvalue weighted by molar-refractivity contribution is -0.118. The maximum Gasteiger partial charge on any atom is 0.181 e. The van der Waals surface area contributed by atoms with Gasteiger partial charge in [0, 0.05) is 11.1 Å². The molecule has 0 bridgehead atoms. The molecule has 0 atom stereocenters. The van der Waals surface area contributed by atoms with E-state index in [1.807, 2.05) is 0 Å². The molecule has 2 rings (SSSR count). The van der Waals surface area contributed by atoms with Crippen molar-refractivity contribution in [2.75, 3.05) is 0 Å². The van der Waals surface area contributed by atoms with Crippen LogP contribution in [0, 0.1) is 5.92 Å². The lowest BCUT2D eigenvalue weighted by atomic mass is 10.00. The van der Waals surface area contributed by atoms with Crippen LogP contribution in [-0.2, 0) is 4.79 Å². The molecule has 0 radical (unpaired) electrons. The Balaban J connectivity index is 2.59. The number of carbonyl (C=O) groups excluding carboxylic acids is 3. The third kappa shape index (κ3) is 1.02. The second-order valence-electron chi connectivity index (χ2n) is 3.32. The Hall–Kier alpha value is -1.77. The van der Waals surface area contributed by atoms with E-state index in [9.17, 15) is 14.4 Å². The Morgan fingerprint density at radius 3 is 1.86 bits per heavy atom. The topological polar surface area (TPSA) is 51.2 Å². The maximum atomic E-state index is 11.6. The van der Waals surface area contributed by atoms with Crippen LogP contribution in [0.1, 0.15) is 27.6 Å². The predicted molar refractivity (Wildman–Crippen MR) is 49.3 cm³/mol. The van der Waals surface area contributed by atoms with Crippen LogP contribution in [0.15, 0.2) is 24.3 Å². The van der Waals surface area contributed by atoms with Gasteiger partial charge in [-0.15, -0.1) is 0 Å². The molecule has 0 aromatic heterocycles. The van der Waals surface area contributed by atoms with Crippen LogP contribution in [0.2, 0.25) is 0 Å². The van der Waals surface area contributed by atoms with Crippen LogP contribution in [0.4, 0.5) is 0 Å². The number of Topliss-reactive ketones (excluding diaryl/α,β-unsaturated/α-hetero) is 3. The average Bonchev–Trinajstić information content (AvgIpc) is 2.41. The van der Waals surface area contributed by atoms with E-state index in [1.54, 1.807) is 24.3 Å². The van der Waals surface area contributed by atoms with Gasteiger partial charge in [0.25, 0.3) is 0 Å². The lowest BCUT2D eigenvalue weighted by Crippen LogP contribution is -2.22. The van der Waals surface area contributed by atoms with Gasteiger partial charge in [-0.05, 0) is 6.92 Å². The molecule has 0 fully saturated rings. The van der Waals surface area contributed by atoms with Gasteiger partial charge in [0.2, 0.25) is 0 Å². The molecule has 1 aliphatic carbocycles. The van der Waals surface area contributed by atoms with E-state index in [4.69, 9.17) is 0 Å². The van der Waals surface area contributed by atoms with Crippen molar-refractivity contribution in [1.82, 2.24) is 0 Å². The van der Waals surface area contributed by atoms with Crippen LogP contribution in [0.5, 0.6) is 0 Å². The minimum absolute atomic E-state index is 0.363. The fraction of sp³-hybridized carbons (Fsp3) is 0.182. The largest absolute Gasteiger partial charge is 0.299 e. The highest BCUT2D eigenvalue weighted by Gasteiger charge is 2.40. The summed E-state index contributed by atoms with van der Waals surface area (Å²) in [6.07, 6.45) is 0. The first-order chi connectivity index (χ1) is 6.63.